The van der Waals surface area contributed by atoms with Crippen LogP contribution in [0.25, 0.3) is 0 Å². The molecule has 0 bridgehead atoms. The van der Waals surface area contributed by atoms with Gasteiger partial charge in [-0.1, -0.05) is 11.6 Å². The number of rotatable bonds is 4. The lowest BCUT2D eigenvalue weighted by Gasteiger charge is -2.35. The molecule has 0 saturated carbocycles. The van der Waals surface area contributed by atoms with Crippen molar-refractivity contribution in [3.63, 3.8) is 0 Å². The predicted octanol–water partition coefficient (Wildman–Crippen LogP) is 2.25. The first-order valence-corrected chi connectivity index (χ1v) is 7.66. The van der Waals surface area contributed by atoms with Gasteiger partial charge < -0.3 is 4.52 Å². The van der Waals surface area contributed by atoms with E-state index in [1.807, 2.05) is 31.5 Å². The van der Waals surface area contributed by atoms with Crippen molar-refractivity contribution in [3.8, 4) is 0 Å². The minimum absolute atomic E-state index is 0.496. The van der Waals surface area contributed by atoms with Gasteiger partial charge in [0.25, 0.3) is 0 Å². The second-order valence-electron chi connectivity index (χ2n) is 5.94. The highest BCUT2D eigenvalue weighted by Gasteiger charge is 2.24. The number of aromatic nitrogens is 4. The fraction of sp³-hybridized carbons (Fsp3) is 0.667. The maximum absolute atomic E-state index is 5.18. The third-order valence-electron chi connectivity index (χ3n) is 4.14. The van der Waals surface area contributed by atoms with Crippen molar-refractivity contribution in [2.45, 2.75) is 59.2 Å². The number of hydrogen-bond donors (Lipinski definition) is 0. The second-order valence-corrected chi connectivity index (χ2v) is 5.94. The van der Waals surface area contributed by atoms with Crippen molar-refractivity contribution in [2.24, 2.45) is 0 Å². The standard InChI is InChI=1S/C15H23N5O/c1-11-8-14(18-21-11)9-19-7-5-4-6-15(19)10-20-13(3)16-12(2)17-20/h8,15H,4-7,9-10H2,1-3H3/t15-/m0/s1. The summed E-state index contributed by atoms with van der Waals surface area (Å²) in [6.07, 6.45) is 3.74. The van der Waals surface area contributed by atoms with Gasteiger partial charge in [0.2, 0.25) is 0 Å². The Morgan fingerprint density at radius 2 is 2.14 bits per heavy atom. The molecule has 1 fully saturated rings. The first-order chi connectivity index (χ1) is 10.1. The third kappa shape index (κ3) is 3.32. The Kier molecular flexibility index (Phi) is 4.05. The topological polar surface area (TPSA) is 60.0 Å². The quantitative estimate of drug-likeness (QED) is 0.864. The molecule has 1 atom stereocenters. The lowest BCUT2D eigenvalue weighted by molar-refractivity contribution is 0.118. The molecule has 2 aromatic rings. The minimum Gasteiger partial charge on any atom is -0.361 e. The molecular weight excluding hydrogens is 266 g/mol. The Morgan fingerprint density at radius 1 is 1.29 bits per heavy atom. The first-order valence-electron chi connectivity index (χ1n) is 7.66. The van der Waals surface area contributed by atoms with Gasteiger partial charge in [-0.15, -0.1) is 0 Å². The van der Waals surface area contributed by atoms with Gasteiger partial charge >= 0.3 is 0 Å². The zero-order chi connectivity index (χ0) is 14.8. The summed E-state index contributed by atoms with van der Waals surface area (Å²) >= 11 is 0. The molecule has 0 unspecified atom stereocenters. The molecule has 0 amide bonds. The maximum Gasteiger partial charge on any atom is 0.147 e. The molecule has 1 aliphatic heterocycles. The van der Waals surface area contributed by atoms with Gasteiger partial charge in [0, 0.05) is 18.7 Å². The van der Waals surface area contributed by atoms with Crippen LogP contribution in [0.4, 0.5) is 0 Å². The predicted molar refractivity (Wildman–Crippen MR) is 78.8 cm³/mol. The summed E-state index contributed by atoms with van der Waals surface area (Å²) in [5.41, 5.74) is 1.02. The van der Waals surface area contributed by atoms with E-state index in [4.69, 9.17) is 4.52 Å². The van der Waals surface area contributed by atoms with Crippen molar-refractivity contribution < 1.29 is 4.52 Å². The molecule has 6 nitrogen and oxygen atoms in total. The number of likely N-dealkylation sites (tertiary alicyclic amines) is 1. The molecule has 0 aromatic carbocycles. The van der Waals surface area contributed by atoms with Crippen LogP contribution in [0.2, 0.25) is 0 Å². The summed E-state index contributed by atoms with van der Waals surface area (Å²) in [7, 11) is 0. The highest BCUT2D eigenvalue weighted by Crippen LogP contribution is 2.21. The Hall–Kier alpha value is -1.69. The molecular formula is C15H23N5O. The number of hydrogen-bond acceptors (Lipinski definition) is 5. The maximum atomic E-state index is 5.18. The van der Waals surface area contributed by atoms with E-state index in [1.54, 1.807) is 0 Å². The van der Waals surface area contributed by atoms with Crippen LogP contribution < -0.4 is 0 Å². The molecule has 1 aliphatic rings. The summed E-state index contributed by atoms with van der Waals surface area (Å²) in [6, 6.07) is 2.52. The van der Waals surface area contributed by atoms with Gasteiger partial charge in [0.05, 0.1) is 12.2 Å². The van der Waals surface area contributed by atoms with E-state index in [0.29, 0.717) is 6.04 Å². The Labute approximate surface area is 125 Å². The Bertz CT molecular complexity index is 603. The summed E-state index contributed by atoms with van der Waals surface area (Å²) < 4.78 is 7.21. The van der Waals surface area contributed by atoms with Crippen molar-refractivity contribution in [2.75, 3.05) is 6.54 Å². The van der Waals surface area contributed by atoms with E-state index in [2.05, 4.69) is 20.1 Å². The highest BCUT2D eigenvalue weighted by molar-refractivity contribution is 5.04. The molecule has 6 heteroatoms. The molecule has 114 valence electrons. The van der Waals surface area contributed by atoms with Gasteiger partial charge in [-0.05, 0) is 40.2 Å². The number of aryl methyl sites for hydroxylation is 3. The molecule has 3 heterocycles. The molecule has 3 rings (SSSR count). The first kappa shape index (κ1) is 14.3. The summed E-state index contributed by atoms with van der Waals surface area (Å²) in [4.78, 5) is 6.89. The van der Waals surface area contributed by atoms with Crippen LogP contribution in [0.3, 0.4) is 0 Å². The van der Waals surface area contributed by atoms with Gasteiger partial charge in [0.1, 0.15) is 17.4 Å². The van der Waals surface area contributed by atoms with Crippen LogP contribution in [0, 0.1) is 20.8 Å². The lowest BCUT2D eigenvalue weighted by atomic mass is 10.0. The van der Waals surface area contributed by atoms with Crippen molar-refractivity contribution in [1.82, 2.24) is 24.8 Å². The summed E-state index contributed by atoms with van der Waals surface area (Å²) in [5.74, 6) is 2.72. The van der Waals surface area contributed by atoms with Gasteiger partial charge in [-0.3, -0.25) is 4.90 Å². The minimum atomic E-state index is 0.496. The average molecular weight is 289 g/mol. The molecule has 21 heavy (non-hydrogen) atoms. The van der Waals surface area contributed by atoms with E-state index < -0.39 is 0 Å². The molecule has 0 aliphatic carbocycles. The zero-order valence-electron chi connectivity index (χ0n) is 13.0. The lowest BCUT2D eigenvalue weighted by Crippen LogP contribution is -2.42. The van der Waals surface area contributed by atoms with E-state index in [9.17, 15) is 0 Å². The van der Waals surface area contributed by atoms with Crippen LogP contribution in [0.5, 0.6) is 0 Å². The fourth-order valence-electron chi connectivity index (χ4n) is 3.11. The largest absolute Gasteiger partial charge is 0.361 e. The van der Waals surface area contributed by atoms with E-state index in [0.717, 1.165) is 42.7 Å². The summed E-state index contributed by atoms with van der Waals surface area (Å²) in [5, 5.41) is 8.62. The zero-order valence-corrected chi connectivity index (χ0v) is 13.0. The van der Waals surface area contributed by atoms with Crippen molar-refractivity contribution in [3.05, 3.63) is 29.2 Å². The van der Waals surface area contributed by atoms with E-state index in [-0.39, 0.29) is 0 Å². The van der Waals surface area contributed by atoms with Crippen molar-refractivity contribution in [1.29, 1.82) is 0 Å². The fourth-order valence-corrected chi connectivity index (χ4v) is 3.11. The van der Waals surface area contributed by atoms with Gasteiger partial charge in [0.15, 0.2) is 0 Å². The van der Waals surface area contributed by atoms with E-state index >= 15 is 0 Å². The molecule has 1 saturated heterocycles. The smallest absolute Gasteiger partial charge is 0.147 e. The van der Waals surface area contributed by atoms with Crippen LogP contribution in [0.1, 0.15) is 42.4 Å². The van der Waals surface area contributed by atoms with E-state index in [1.165, 1.54) is 19.3 Å². The van der Waals surface area contributed by atoms with Gasteiger partial charge in [-0.25, -0.2) is 9.67 Å². The second kappa shape index (κ2) is 5.97. The monoisotopic (exact) mass is 289 g/mol. The van der Waals surface area contributed by atoms with Gasteiger partial charge in [-0.2, -0.15) is 5.10 Å². The number of piperidine rings is 1. The van der Waals surface area contributed by atoms with Crippen LogP contribution >= 0.6 is 0 Å². The Morgan fingerprint density at radius 3 is 2.81 bits per heavy atom. The molecule has 0 N–H and O–H groups in total. The van der Waals surface area contributed by atoms with Crippen LogP contribution in [0.15, 0.2) is 10.6 Å². The highest BCUT2D eigenvalue weighted by atomic mass is 16.5. The Balaban J connectivity index is 1.70. The molecule has 0 spiro atoms. The van der Waals surface area contributed by atoms with Crippen LogP contribution in [-0.2, 0) is 13.1 Å². The van der Waals surface area contributed by atoms with Crippen LogP contribution in [-0.4, -0.2) is 37.4 Å². The number of nitrogens with zero attached hydrogens (tertiary/aromatic N) is 5. The SMILES string of the molecule is Cc1nc(C)n(C[C@@H]2CCCCN2Cc2cc(C)on2)n1. The van der Waals surface area contributed by atoms with Crippen molar-refractivity contribution >= 4 is 0 Å². The average Bonchev–Trinajstić information content (AvgIpc) is 2.98. The normalized spacial score (nSPS) is 20.0. The third-order valence-corrected chi connectivity index (χ3v) is 4.14. The summed E-state index contributed by atoms with van der Waals surface area (Å²) in [6.45, 7) is 8.78. The molecule has 2 aromatic heterocycles. The molecule has 0 radical (unpaired) electrons.